The van der Waals surface area contributed by atoms with Crippen molar-refractivity contribution in [3.05, 3.63) is 77.2 Å². The van der Waals surface area contributed by atoms with Crippen molar-refractivity contribution in [1.82, 2.24) is 5.32 Å². The molecule has 0 saturated heterocycles. The number of carbonyl (C=O) groups excluding carboxylic acids is 1. The first kappa shape index (κ1) is 19.9. The highest BCUT2D eigenvalue weighted by Crippen LogP contribution is 2.20. The number of amides is 1. The van der Waals surface area contributed by atoms with Crippen LogP contribution in [-0.4, -0.2) is 27.5 Å². The molecular formula is C20H20N2O4S2. The smallest absolute Gasteiger partial charge is 0.271 e. The Balaban J connectivity index is 1.55. The Morgan fingerprint density at radius 1 is 1.07 bits per heavy atom. The van der Waals surface area contributed by atoms with Gasteiger partial charge in [-0.15, -0.1) is 11.3 Å². The minimum atomic E-state index is -3.65. The Bertz CT molecular complexity index is 1050. The van der Waals surface area contributed by atoms with E-state index >= 15 is 0 Å². The van der Waals surface area contributed by atoms with Crippen LogP contribution >= 0.6 is 11.3 Å². The summed E-state index contributed by atoms with van der Waals surface area (Å²) in [7, 11) is -3.65. The van der Waals surface area contributed by atoms with E-state index in [9.17, 15) is 13.2 Å². The zero-order chi connectivity index (χ0) is 20.0. The zero-order valence-electron chi connectivity index (χ0n) is 15.2. The highest BCUT2D eigenvalue weighted by atomic mass is 32.2. The number of sulfonamides is 1. The van der Waals surface area contributed by atoms with Crippen LogP contribution in [0.4, 0.5) is 5.69 Å². The summed E-state index contributed by atoms with van der Waals surface area (Å²) in [6, 6.07) is 17.2. The Hall–Kier alpha value is -2.84. The predicted molar refractivity (Wildman–Crippen MR) is 111 cm³/mol. The second-order valence-corrected chi connectivity index (χ2v) is 8.90. The van der Waals surface area contributed by atoms with Gasteiger partial charge in [-0.05, 0) is 54.3 Å². The summed E-state index contributed by atoms with van der Waals surface area (Å²) in [6.45, 7) is 2.64. The molecule has 8 heteroatoms. The summed E-state index contributed by atoms with van der Waals surface area (Å²) in [5, 5.41) is 4.45. The lowest BCUT2D eigenvalue weighted by Crippen LogP contribution is -2.28. The zero-order valence-corrected chi connectivity index (χ0v) is 16.8. The topological polar surface area (TPSA) is 84.5 Å². The average Bonchev–Trinajstić information content (AvgIpc) is 3.21. The molecule has 1 amide bonds. The maximum atomic E-state index is 12.3. The minimum absolute atomic E-state index is 0.218. The molecule has 0 fully saturated rings. The molecule has 2 aromatic carbocycles. The standard InChI is InChI=1S/C20H20N2O4S2/c1-15-5-2-8-18(13-15)26-11-10-21-20(23)16-6-3-7-17(14-16)22-28(24,25)19-9-4-12-27-19/h2-9,12-14,22H,10-11H2,1H3,(H,21,23). The molecule has 1 aromatic heterocycles. The van der Waals surface area contributed by atoms with E-state index in [2.05, 4.69) is 10.0 Å². The third-order valence-corrected chi connectivity index (χ3v) is 6.56. The van der Waals surface area contributed by atoms with E-state index in [4.69, 9.17) is 4.74 Å². The Morgan fingerprint density at radius 3 is 2.64 bits per heavy atom. The number of hydrogen-bond donors (Lipinski definition) is 2. The van der Waals surface area contributed by atoms with E-state index in [0.717, 1.165) is 22.6 Å². The molecule has 0 spiro atoms. The number of ether oxygens (including phenoxy) is 1. The van der Waals surface area contributed by atoms with Gasteiger partial charge in [-0.1, -0.05) is 24.3 Å². The molecule has 0 bridgehead atoms. The fraction of sp³-hybridized carbons (Fsp3) is 0.150. The van der Waals surface area contributed by atoms with Crippen LogP contribution < -0.4 is 14.8 Å². The highest BCUT2D eigenvalue weighted by molar-refractivity contribution is 7.94. The van der Waals surface area contributed by atoms with Crippen LogP contribution in [0, 0.1) is 6.92 Å². The monoisotopic (exact) mass is 416 g/mol. The van der Waals surface area contributed by atoms with Crippen molar-refractivity contribution in [1.29, 1.82) is 0 Å². The van der Waals surface area contributed by atoms with Gasteiger partial charge in [0.05, 0.1) is 6.54 Å². The van der Waals surface area contributed by atoms with Crippen molar-refractivity contribution in [3.8, 4) is 5.75 Å². The van der Waals surface area contributed by atoms with E-state index in [1.54, 1.807) is 29.6 Å². The number of aryl methyl sites for hydroxylation is 1. The van der Waals surface area contributed by atoms with Crippen molar-refractivity contribution >= 4 is 33.0 Å². The summed E-state index contributed by atoms with van der Waals surface area (Å²) in [4.78, 5) is 12.3. The summed E-state index contributed by atoms with van der Waals surface area (Å²) >= 11 is 1.13. The van der Waals surface area contributed by atoms with Crippen LogP contribution in [0.2, 0.25) is 0 Å². The Morgan fingerprint density at radius 2 is 1.89 bits per heavy atom. The van der Waals surface area contributed by atoms with E-state index in [0.29, 0.717) is 24.4 Å². The van der Waals surface area contributed by atoms with Gasteiger partial charge in [0.15, 0.2) is 0 Å². The number of hydrogen-bond acceptors (Lipinski definition) is 5. The summed E-state index contributed by atoms with van der Waals surface area (Å²) in [5.74, 6) is 0.448. The Labute approximate surface area is 168 Å². The van der Waals surface area contributed by atoms with Gasteiger partial charge in [0.1, 0.15) is 16.6 Å². The van der Waals surface area contributed by atoms with E-state index < -0.39 is 10.0 Å². The lowest BCUT2D eigenvalue weighted by atomic mass is 10.2. The third kappa shape index (κ3) is 5.34. The largest absolute Gasteiger partial charge is 0.492 e. The SMILES string of the molecule is Cc1cccc(OCCNC(=O)c2cccc(NS(=O)(=O)c3cccs3)c2)c1. The molecule has 0 radical (unpaired) electrons. The van der Waals surface area contributed by atoms with Crippen LogP contribution in [0.25, 0.3) is 0 Å². The molecule has 6 nitrogen and oxygen atoms in total. The second-order valence-electron chi connectivity index (χ2n) is 6.04. The van der Waals surface area contributed by atoms with Crippen molar-refractivity contribution in [2.45, 2.75) is 11.1 Å². The average molecular weight is 417 g/mol. The molecule has 0 aliphatic carbocycles. The van der Waals surface area contributed by atoms with E-state index in [1.165, 1.54) is 12.1 Å². The number of nitrogens with one attached hydrogen (secondary N) is 2. The minimum Gasteiger partial charge on any atom is -0.492 e. The van der Waals surface area contributed by atoms with E-state index in [-0.39, 0.29) is 10.1 Å². The second kappa shape index (κ2) is 8.90. The van der Waals surface area contributed by atoms with Crippen LogP contribution in [0.3, 0.4) is 0 Å². The van der Waals surface area contributed by atoms with Gasteiger partial charge in [-0.2, -0.15) is 0 Å². The molecule has 2 N–H and O–H groups in total. The van der Waals surface area contributed by atoms with Crippen molar-refractivity contribution in [3.63, 3.8) is 0 Å². The van der Waals surface area contributed by atoms with Crippen LogP contribution in [-0.2, 0) is 10.0 Å². The molecule has 0 aliphatic rings. The summed E-state index contributed by atoms with van der Waals surface area (Å²) < 4.78 is 32.9. The number of anilines is 1. The quantitative estimate of drug-likeness (QED) is 0.549. The predicted octanol–water partition coefficient (Wildman–Crippen LogP) is 3.67. The summed E-state index contributed by atoms with van der Waals surface area (Å²) in [6.07, 6.45) is 0. The van der Waals surface area contributed by atoms with Crippen molar-refractivity contribution < 1.29 is 17.9 Å². The number of thiophene rings is 1. The molecule has 1 heterocycles. The highest BCUT2D eigenvalue weighted by Gasteiger charge is 2.16. The van der Waals surface area contributed by atoms with Gasteiger partial charge in [0, 0.05) is 11.3 Å². The molecule has 0 saturated carbocycles. The molecule has 28 heavy (non-hydrogen) atoms. The normalized spacial score (nSPS) is 11.0. The first-order chi connectivity index (χ1) is 13.4. The van der Waals surface area contributed by atoms with Gasteiger partial charge in [-0.25, -0.2) is 8.42 Å². The maximum Gasteiger partial charge on any atom is 0.271 e. The fourth-order valence-corrected chi connectivity index (χ4v) is 4.53. The van der Waals surface area contributed by atoms with Crippen LogP contribution in [0.15, 0.2) is 70.3 Å². The first-order valence-electron chi connectivity index (χ1n) is 8.58. The van der Waals surface area contributed by atoms with Gasteiger partial charge in [0.2, 0.25) is 0 Å². The molecule has 3 aromatic rings. The van der Waals surface area contributed by atoms with Crippen molar-refractivity contribution in [2.75, 3.05) is 17.9 Å². The number of benzene rings is 2. The van der Waals surface area contributed by atoms with E-state index in [1.807, 2.05) is 31.2 Å². The number of rotatable bonds is 8. The van der Waals surface area contributed by atoms with Crippen LogP contribution in [0.1, 0.15) is 15.9 Å². The van der Waals surface area contributed by atoms with Crippen molar-refractivity contribution in [2.24, 2.45) is 0 Å². The first-order valence-corrected chi connectivity index (χ1v) is 10.9. The van der Waals surface area contributed by atoms with Gasteiger partial charge in [0.25, 0.3) is 15.9 Å². The fourth-order valence-electron chi connectivity index (χ4n) is 2.49. The lowest BCUT2D eigenvalue weighted by Gasteiger charge is -2.10. The molecule has 3 rings (SSSR count). The number of carbonyl (C=O) groups is 1. The van der Waals surface area contributed by atoms with Gasteiger partial charge < -0.3 is 10.1 Å². The summed E-state index contributed by atoms with van der Waals surface area (Å²) in [5.41, 5.74) is 1.79. The van der Waals surface area contributed by atoms with Crippen LogP contribution in [0.5, 0.6) is 5.75 Å². The molecule has 0 aliphatic heterocycles. The Kier molecular flexibility index (Phi) is 6.33. The molecular weight excluding hydrogens is 396 g/mol. The maximum absolute atomic E-state index is 12.3. The van der Waals surface area contributed by atoms with Gasteiger partial charge in [-0.3, -0.25) is 9.52 Å². The van der Waals surface area contributed by atoms with Gasteiger partial charge >= 0.3 is 0 Å². The third-order valence-electron chi connectivity index (χ3n) is 3.78. The molecule has 0 atom stereocenters. The molecule has 146 valence electrons. The lowest BCUT2D eigenvalue weighted by molar-refractivity contribution is 0.0947. The molecule has 0 unspecified atom stereocenters.